The summed E-state index contributed by atoms with van der Waals surface area (Å²) in [6.07, 6.45) is 26.3. The van der Waals surface area contributed by atoms with Crippen LogP contribution >= 0.6 is 0 Å². The van der Waals surface area contributed by atoms with Crippen molar-refractivity contribution in [2.45, 2.75) is 210 Å². The summed E-state index contributed by atoms with van der Waals surface area (Å²) in [6.45, 7) is 30.7. The highest BCUT2D eigenvalue weighted by atomic mass is 16.5. The Kier molecular flexibility index (Phi) is 16.8. The summed E-state index contributed by atoms with van der Waals surface area (Å²) in [5, 5.41) is 7.65. The zero-order valence-electron chi connectivity index (χ0n) is 44.7. The fraction of sp³-hybridized carbons (Fsp3) is 1.00. The number of rotatable bonds is 20. The Labute approximate surface area is 409 Å². The van der Waals surface area contributed by atoms with Crippen LogP contribution in [0.15, 0.2) is 10.2 Å². The van der Waals surface area contributed by atoms with Gasteiger partial charge in [-0.3, -0.25) is 0 Å². The van der Waals surface area contributed by atoms with Crippen molar-refractivity contribution in [1.82, 2.24) is 0 Å². The van der Waals surface area contributed by atoms with Crippen molar-refractivity contribution in [3.05, 3.63) is 20.9 Å². The molecule has 0 radical (unpaired) electrons. The van der Waals surface area contributed by atoms with Crippen molar-refractivity contribution in [3.63, 3.8) is 0 Å². The third-order valence-corrected chi connectivity index (χ3v) is 24.0. The number of fused-ring (bicyclic) bond motifs is 10. The van der Waals surface area contributed by atoms with Gasteiger partial charge in [0.15, 0.2) is 0 Å². The van der Waals surface area contributed by atoms with Gasteiger partial charge in [0.2, 0.25) is 0 Å². The lowest BCUT2D eigenvalue weighted by Gasteiger charge is -2.65. The molecule has 0 aromatic rings. The molecule has 0 saturated heterocycles. The van der Waals surface area contributed by atoms with E-state index in [2.05, 4.69) is 89.3 Å². The molecular weight excluding hydrogens is 829 g/mol. The second-order valence-electron chi connectivity index (χ2n) is 26.9. The van der Waals surface area contributed by atoms with E-state index < -0.39 is 0 Å². The van der Waals surface area contributed by atoms with Gasteiger partial charge in [0.05, 0.1) is 12.2 Å². The molecule has 8 fully saturated rings. The van der Waals surface area contributed by atoms with Crippen LogP contribution in [-0.2, 0) is 14.2 Å². The fourth-order valence-electron chi connectivity index (χ4n) is 20.1. The number of hydrogen-bond acceptors (Lipinski definition) is 5. The predicted octanol–water partition coefficient (Wildman–Crippen LogP) is 16.3. The fourth-order valence-corrected chi connectivity index (χ4v) is 20.1. The summed E-state index contributed by atoms with van der Waals surface area (Å²) in [5.74, 6) is 12.1. The summed E-state index contributed by atoms with van der Waals surface area (Å²) in [6, 6.07) is 0. The second-order valence-corrected chi connectivity index (χ2v) is 26.9. The van der Waals surface area contributed by atoms with Gasteiger partial charge in [0, 0.05) is 49.3 Å². The van der Waals surface area contributed by atoms with Crippen molar-refractivity contribution in [2.75, 3.05) is 39.5 Å². The molecule has 22 atom stereocenters. The van der Waals surface area contributed by atoms with E-state index in [9.17, 15) is 0 Å². The molecule has 380 valence electrons. The Morgan fingerprint density at radius 2 is 0.940 bits per heavy atom. The van der Waals surface area contributed by atoms with Gasteiger partial charge in [-0.2, -0.15) is 0 Å². The Morgan fingerprint density at radius 1 is 0.522 bits per heavy atom. The molecule has 8 saturated carbocycles. The zero-order chi connectivity index (χ0) is 47.7. The molecule has 0 spiro atoms. The minimum Gasteiger partial charge on any atom is -0.381 e. The average Bonchev–Trinajstić information content (AvgIpc) is 3.85. The Hall–Kier alpha value is -1.50. The van der Waals surface area contributed by atoms with Crippen molar-refractivity contribution < 1.29 is 14.2 Å². The molecule has 9 nitrogen and oxygen atoms in total. The van der Waals surface area contributed by atoms with Crippen LogP contribution in [0, 0.1) is 116 Å². The Bertz CT molecular complexity index is 1610. The maximum Gasteiger partial charge on any atom is 0.0611 e. The third kappa shape index (κ3) is 9.78. The average molecular weight is 929 g/mol. The first-order valence-corrected chi connectivity index (χ1v) is 28.9. The molecule has 67 heavy (non-hydrogen) atoms. The lowest BCUT2D eigenvalue weighted by atomic mass is 9.41. The largest absolute Gasteiger partial charge is 0.381 e. The van der Waals surface area contributed by atoms with Gasteiger partial charge in [-0.25, -0.2) is 0 Å². The van der Waals surface area contributed by atoms with Crippen LogP contribution in [-0.4, -0.2) is 51.7 Å². The molecule has 0 N–H and O–H groups in total. The summed E-state index contributed by atoms with van der Waals surface area (Å²) >= 11 is 0. The molecule has 0 heterocycles. The normalized spacial score (nSPS) is 47.4. The number of azide groups is 2. The van der Waals surface area contributed by atoms with E-state index in [0.29, 0.717) is 58.8 Å². The maximum atomic E-state index is 8.87. The lowest BCUT2D eigenvalue weighted by Crippen LogP contribution is -2.60. The molecule has 0 amide bonds. The predicted molar refractivity (Wildman–Crippen MR) is 273 cm³/mol. The summed E-state index contributed by atoms with van der Waals surface area (Å²) in [5.41, 5.74) is 19.4. The highest BCUT2D eigenvalue weighted by Gasteiger charge is 2.67. The van der Waals surface area contributed by atoms with E-state index in [1.807, 2.05) is 0 Å². The smallest absolute Gasteiger partial charge is 0.0611 e. The van der Waals surface area contributed by atoms with E-state index in [1.165, 1.54) is 116 Å². The minimum atomic E-state index is 0.354. The van der Waals surface area contributed by atoms with E-state index in [-0.39, 0.29) is 0 Å². The molecule has 8 rings (SSSR count). The van der Waals surface area contributed by atoms with Crippen LogP contribution in [0.3, 0.4) is 0 Å². The van der Waals surface area contributed by atoms with Crippen LogP contribution in [0.2, 0.25) is 0 Å². The van der Waals surface area contributed by atoms with Crippen molar-refractivity contribution in [1.29, 1.82) is 0 Å². The molecule has 2 unspecified atom stereocenters. The standard InChI is InChI=1S/C58H100N6O3/c1-37-21-23-55(7)43(31-37)35-51(66-29-13-25-61-63-59)53-47-19-17-45(57(47,9)41(5)33-49(53)55)39(3)15-11-27-65-28-12-16-40(4)46-18-20-48-54-50(34-42(6)58(46,48)10)56(8)24-22-38(2)32-44(56)36-52(54)67-30-14-26-62-64-60/h37-54H,11-36H2,1-10H3/t37-,38-,39-,40-,41+,42+,43+,44?,45-,46-,47+,48+,49+,50+,51-,52-,53+,54?,55+,56+,57-,58-/m1/s1. The van der Waals surface area contributed by atoms with Crippen LogP contribution in [0.1, 0.15) is 198 Å². The van der Waals surface area contributed by atoms with Crippen LogP contribution in [0.4, 0.5) is 0 Å². The topological polar surface area (TPSA) is 125 Å². The third-order valence-electron chi connectivity index (χ3n) is 24.0. The monoisotopic (exact) mass is 929 g/mol. The number of hydrogen-bond donors (Lipinski definition) is 0. The highest BCUT2D eigenvalue weighted by Crippen LogP contribution is 2.72. The van der Waals surface area contributed by atoms with Crippen molar-refractivity contribution in [2.24, 2.45) is 127 Å². The van der Waals surface area contributed by atoms with Crippen LogP contribution in [0.25, 0.3) is 20.9 Å². The molecule has 0 aliphatic heterocycles. The van der Waals surface area contributed by atoms with Gasteiger partial charge < -0.3 is 14.2 Å². The van der Waals surface area contributed by atoms with Gasteiger partial charge in [0.25, 0.3) is 0 Å². The minimum absolute atomic E-state index is 0.354. The maximum absolute atomic E-state index is 8.87. The zero-order valence-corrected chi connectivity index (χ0v) is 44.7. The first kappa shape index (κ1) is 51.8. The van der Waals surface area contributed by atoms with Gasteiger partial charge >= 0.3 is 0 Å². The number of ether oxygens (including phenoxy) is 3. The summed E-state index contributed by atoms with van der Waals surface area (Å²) in [7, 11) is 0. The van der Waals surface area contributed by atoms with Gasteiger partial charge in [-0.15, -0.1) is 0 Å². The van der Waals surface area contributed by atoms with Crippen LogP contribution in [0.5, 0.6) is 0 Å². The SMILES string of the molecule is C[C@@H]1CC[C@@]2(C)C(C1)C[C@@H](OCCCN=[N+]=[N-])C1[C@@H]3CC[C@H]([C@H](C)CCCOCCC[C@@H](C)[C@H]4CC[C@H]5[C@@H]6[C@H](OCCCN=[N+]=[N-])C[C@@H]7C[C@H](C)CC[C@]7(C)[C@H]6C[C@H](C)[C@]45C)[C@@]3(C)[C@@H](C)C[C@@H]12. The van der Waals surface area contributed by atoms with E-state index in [0.717, 1.165) is 122 Å². The highest BCUT2D eigenvalue weighted by molar-refractivity contribution is 5.15. The van der Waals surface area contributed by atoms with Gasteiger partial charge in [0.1, 0.15) is 0 Å². The molecule has 8 aliphatic rings. The van der Waals surface area contributed by atoms with Gasteiger partial charge in [-0.05, 0) is 243 Å². The lowest BCUT2D eigenvalue weighted by molar-refractivity contribution is -0.198. The Balaban J connectivity index is 0.825. The molecular formula is C58H100N6O3. The van der Waals surface area contributed by atoms with Crippen molar-refractivity contribution >= 4 is 0 Å². The van der Waals surface area contributed by atoms with Gasteiger partial charge in [-0.1, -0.05) is 92.3 Å². The van der Waals surface area contributed by atoms with Crippen LogP contribution < -0.4 is 0 Å². The Morgan fingerprint density at radius 3 is 1.34 bits per heavy atom. The molecule has 9 heteroatoms. The second kappa shape index (κ2) is 21.7. The summed E-state index contributed by atoms with van der Waals surface area (Å²) < 4.78 is 20.4. The van der Waals surface area contributed by atoms with E-state index >= 15 is 0 Å². The molecule has 0 bridgehead atoms. The molecule has 0 aromatic heterocycles. The van der Waals surface area contributed by atoms with E-state index in [1.54, 1.807) is 0 Å². The molecule has 8 aliphatic carbocycles. The van der Waals surface area contributed by atoms with Crippen molar-refractivity contribution in [3.8, 4) is 0 Å². The first-order chi connectivity index (χ1) is 32.1. The summed E-state index contributed by atoms with van der Waals surface area (Å²) in [4.78, 5) is 6.00. The quantitative estimate of drug-likeness (QED) is 0.0522. The first-order valence-electron chi connectivity index (χ1n) is 28.9. The molecule has 0 aromatic carbocycles. The van der Waals surface area contributed by atoms with E-state index in [4.69, 9.17) is 25.3 Å². The number of nitrogens with zero attached hydrogens (tertiary/aromatic N) is 6.